The highest BCUT2D eigenvalue weighted by Crippen LogP contribution is 2.31. The van der Waals surface area contributed by atoms with Gasteiger partial charge >= 0.3 is 5.97 Å². The number of nitrogens with one attached hydrogen (secondary N) is 2. The van der Waals surface area contributed by atoms with Crippen LogP contribution in [0.5, 0.6) is 0 Å². The van der Waals surface area contributed by atoms with Crippen molar-refractivity contribution in [3.63, 3.8) is 0 Å². The van der Waals surface area contributed by atoms with E-state index >= 15 is 0 Å². The van der Waals surface area contributed by atoms with Crippen LogP contribution in [-0.2, 0) is 25.6 Å². The molecule has 1 saturated heterocycles. The van der Waals surface area contributed by atoms with E-state index in [1.807, 2.05) is 24.3 Å². The molecule has 45 heavy (non-hydrogen) atoms. The molecule has 3 aromatic carbocycles. The largest absolute Gasteiger partial charge is 0.461 e. The number of nitrogens with zero attached hydrogens (tertiary/aromatic N) is 3. The minimum atomic E-state index is -1.09. The van der Waals surface area contributed by atoms with Gasteiger partial charge in [0, 0.05) is 16.6 Å². The zero-order chi connectivity index (χ0) is 31.5. The number of rotatable bonds is 10. The third kappa shape index (κ3) is 6.87. The van der Waals surface area contributed by atoms with Crippen molar-refractivity contribution in [2.24, 2.45) is 0 Å². The van der Waals surface area contributed by atoms with Gasteiger partial charge in [0.2, 0.25) is 0 Å². The molecule has 228 valence electrons. The Morgan fingerprint density at radius 3 is 2.42 bits per heavy atom. The molecule has 2 aromatic heterocycles. The van der Waals surface area contributed by atoms with Gasteiger partial charge in [-0.1, -0.05) is 35.6 Å². The number of aromatic nitrogens is 2. The van der Waals surface area contributed by atoms with Gasteiger partial charge in [-0.15, -0.1) is 11.3 Å². The van der Waals surface area contributed by atoms with Gasteiger partial charge < -0.3 is 14.4 Å². The van der Waals surface area contributed by atoms with E-state index in [0.29, 0.717) is 21.9 Å². The molecule has 2 atom stereocenters. The summed E-state index contributed by atoms with van der Waals surface area (Å²) in [7, 11) is 0. The number of carbonyl (C=O) groups is 4. The van der Waals surface area contributed by atoms with Crippen molar-refractivity contribution in [2.45, 2.75) is 25.7 Å². The van der Waals surface area contributed by atoms with Gasteiger partial charge in [0.1, 0.15) is 5.82 Å². The van der Waals surface area contributed by atoms with Crippen LogP contribution in [0.25, 0.3) is 10.2 Å². The fourth-order valence-corrected chi connectivity index (χ4v) is 5.96. The van der Waals surface area contributed by atoms with Gasteiger partial charge in [-0.3, -0.25) is 25.0 Å². The lowest BCUT2D eigenvalue weighted by molar-refractivity contribution is -0.120. The lowest BCUT2D eigenvalue weighted by atomic mass is 10.1. The number of fused-ring (bicyclic) bond motifs is 1. The summed E-state index contributed by atoms with van der Waals surface area (Å²) in [5, 5.41) is 7.44. The molecular weight excluding hydrogens is 622 g/mol. The Morgan fingerprint density at radius 2 is 1.69 bits per heavy atom. The number of epoxide rings is 1. The first-order valence-corrected chi connectivity index (χ1v) is 15.4. The summed E-state index contributed by atoms with van der Waals surface area (Å²) in [6, 6.07) is 19.6. The fraction of sp³-hybridized carbons (Fsp3) is 0.161. The molecule has 5 aromatic rings. The lowest BCUT2D eigenvalue weighted by Gasteiger charge is -2.23. The second kappa shape index (κ2) is 12.9. The number of carbonyl (C=O) groups excluding carboxylic acids is 4. The van der Waals surface area contributed by atoms with Crippen molar-refractivity contribution in [3.8, 4) is 0 Å². The number of para-hydroxylation sites is 1. The highest BCUT2D eigenvalue weighted by atomic mass is 32.1. The Kier molecular flexibility index (Phi) is 8.60. The Morgan fingerprint density at radius 1 is 0.933 bits per heavy atom. The van der Waals surface area contributed by atoms with Crippen LogP contribution in [0.3, 0.4) is 0 Å². The van der Waals surface area contributed by atoms with Crippen LogP contribution in [0, 0.1) is 5.82 Å². The second-order valence-corrected chi connectivity index (χ2v) is 11.7. The van der Waals surface area contributed by atoms with Crippen molar-refractivity contribution >= 4 is 72.5 Å². The van der Waals surface area contributed by atoms with E-state index in [-0.39, 0.29) is 29.9 Å². The minimum absolute atomic E-state index is 0.0555. The van der Waals surface area contributed by atoms with Gasteiger partial charge in [-0.2, -0.15) is 0 Å². The number of hydrogen-bond acceptors (Lipinski definition) is 10. The molecule has 0 aliphatic carbocycles. The quantitative estimate of drug-likeness (QED) is 0.155. The number of esters is 1. The molecule has 1 aliphatic heterocycles. The van der Waals surface area contributed by atoms with Crippen LogP contribution < -0.4 is 15.5 Å². The minimum Gasteiger partial charge on any atom is -0.461 e. The molecule has 1 aliphatic rings. The molecule has 0 spiro atoms. The third-order valence-corrected chi connectivity index (χ3v) is 8.40. The van der Waals surface area contributed by atoms with Gasteiger partial charge in [-0.05, 0) is 61.0 Å². The number of amides is 3. The molecule has 6 rings (SSSR count). The van der Waals surface area contributed by atoms with Crippen molar-refractivity contribution in [1.82, 2.24) is 9.97 Å². The van der Waals surface area contributed by atoms with Crippen molar-refractivity contribution in [2.75, 3.05) is 22.1 Å². The molecule has 3 amide bonds. The number of benzene rings is 3. The first kappa shape index (κ1) is 30.0. The number of ether oxygens (including phenoxy) is 2. The van der Waals surface area contributed by atoms with E-state index in [1.54, 1.807) is 43.3 Å². The van der Waals surface area contributed by atoms with E-state index in [0.717, 1.165) is 21.6 Å². The van der Waals surface area contributed by atoms with E-state index in [9.17, 15) is 23.6 Å². The zero-order valence-electron chi connectivity index (χ0n) is 23.6. The van der Waals surface area contributed by atoms with Gasteiger partial charge in [-0.25, -0.2) is 19.2 Å². The summed E-state index contributed by atoms with van der Waals surface area (Å²) in [6.07, 6.45) is -2.17. The number of halogens is 1. The number of hydrogen-bond donors (Lipinski definition) is 2. The first-order chi connectivity index (χ1) is 21.8. The maximum atomic E-state index is 13.6. The summed E-state index contributed by atoms with van der Waals surface area (Å²) in [6.45, 7) is 1.91. The molecule has 11 nitrogen and oxygen atoms in total. The maximum absolute atomic E-state index is 13.6. The van der Waals surface area contributed by atoms with Crippen molar-refractivity contribution < 1.29 is 33.0 Å². The summed E-state index contributed by atoms with van der Waals surface area (Å²) in [5.41, 5.74) is 2.26. The summed E-state index contributed by atoms with van der Waals surface area (Å²) in [5.74, 6) is -2.50. The van der Waals surface area contributed by atoms with E-state index in [4.69, 9.17) is 9.47 Å². The second-order valence-electron chi connectivity index (χ2n) is 9.76. The smallest absolute Gasteiger partial charge is 0.357 e. The normalized spacial score (nSPS) is 15.3. The molecule has 0 bridgehead atoms. The molecule has 3 heterocycles. The molecule has 14 heteroatoms. The Labute approximate surface area is 263 Å². The SMILES string of the molecule is CCOC(=O)c1csc(NC(=O)C2OC2C(=O)N(Cc2ccc(F)cc2)c2ccc(C(=O)Nc3nc4ccccc4s3)cc2)n1. The average Bonchev–Trinajstić information content (AvgIpc) is 3.53. The van der Waals surface area contributed by atoms with E-state index in [2.05, 4.69) is 20.6 Å². The fourth-order valence-electron chi connectivity index (χ4n) is 4.42. The highest BCUT2D eigenvalue weighted by molar-refractivity contribution is 7.22. The predicted molar refractivity (Wildman–Crippen MR) is 167 cm³/mol. The molecular formula is C31H24FN5O6S2. The first-order valence-electron chi connectivity index (χ1n) is 13.7. The van der Waals surface area contributed by atoms with Crippen LogP contribution in [0.15, 0.2) is 78.2 Å². The van der Waals surface area contributed by atoms with Crippen LogP contribution in [0.4, 0.5) is 20.3 Å². The van der Waals surface area contributed by atoms with Crippen molar-refractivity contribution in [1.29, 1.82) is 0 Å². The van der Waals surface area contributed by atoms with Gasteiger partial charge in [0.15, 0.2) is 28.2 Å². The molecule has 0 saturated carbocycles. The summed E-state index contributed by atoms with van der Waals surface area (Å²) < 4.78 is 24.9. The van der Waals surface area contributed by atoms with Crippen LogP contribution in [0.1, 0.15) is 33.3 Å². The Hall–Kier alpha value is -5.05. The Bertz CT molecular complexity index is 1860. The maximum Gasteiger partial charge on any atom is 0.357 e. The zero-order valence-corrected chi connectivity index (χ0v) is 25.2. The summed E-state index contributed by atoms with van der Waals surface area (Å²) in [4.78, 5) is 61.2. The number of anilines is 3. The Balaban J connectivity index is 1.15. The monoisotopic (exact) mass is 645 g/mol. The molecule has 2 N–H and O–H groups in total. The van der Waals surface area contributed by atoms with Gasteiger partial charge in [0.25, 0.3) is 17.7 Å². The number of thiazole rings is 2. The lowest BCUT2D eigenvalue weighted by Crippen LogP contribution is -2.36. The van der Waals surface area contributed by atoms with Crippen LogP contribution >= 0.6 is 22.7 Å². The molecule has 2 unspecified atom stereocenters. The standard InChI is InChI=1S/C31H24FN5O6S2/c1-2-42-29(41)22-16-44-30(34-22)36-27(39)24-25(43-24)28(40)37(15-17-7-11-19(32)12-8-17)20-13-9-18(10-14-20)26(38)35-31-33-21-5-3-4-6-23(21)45-31/h3-14,16,24-25H,2,15H2,1H3,(H,33,35,38)(H,34,36,39). The van der Waals surface area contributed by atoms with E-state index < -0.39 is 35.8 Å². The highest BCUT2D eigenvalue weighted by Gasteiger charge is 2.52. The molecule has 1 fully saturated rings. The van der Waals surface area contributed by atoms with E-state index in [1.165, 1.54) is 33.7 Å². The van der Waals surface area contributed by atoms with Crippen LogP contribution in [-0.4, -0.2) is 52.5 Å². The van der Waals surface area contributed by atoms with Crippen molar-refractivity contribution in [3.05, 3.63) is 101 Å². The molecule has 0 radical (unpaired) electrons. The van der Waals surface area contributed by atoms with Crippen LogP contribution in [0.2, 0.25) is 0 Å². The van der Waals surface area contributed by atoms with Gasteiger partial charge in [0.05, 0.1) is 23.4 Å². The summed E-state index contributed by atoms with van der Waals surface area (Å²) >= 11 is 2.40. The predicted octanol–water partition coefficient (Wildman–Crippen LogP) is 5.26. The average molecular weight is 646 g/mol. The topological polar surface area (TPSA) is 143 Å². The third-order valence-electron chi connectivity index (χ3n) is 6.69.